The third kappa shape index (κ3) is 4.12. The number of rotatable bonds is 5. The predicted molar refractivity (Wildman–Crippen MR) is 102 cm³/mol. The summed E-state index contributed by atoms with van der Waals surface area (Å²) in [6.07, 6.45) is 1.35. The third-order valence-corrected chi connectivity index (χ3v) is 4.58. The van der Waals surface area contributed by atoms with Crippen molar-refractivity contribution in [3.63, 3.8) is 0 Å². The van der Waals surface area contributed by atoms with Crippen molar-refractivity contribution in [2.75, 3.05) is 0 Å². The van der Waals surface area contributed by atoms with Crippen LogP contribution in [0.25, 0.3) is 5.69 Å². The van der Waals surface area contributed by atoms with Gasteiger partial charge in [-0.25, -0.2) is 18.6 Å². The molecular formula is C20H15ClF2N2O4. The lowest BCUT2D eigenvalue weighted by molar-refractivity contribution is 0.0690. The maximum Gasteiger partial charge on any atom is 0.354 e. The molecule has 1 N–H and O–H groups in total. The standard InChI is InChI=1S/C20H15ClF2N2O4/c1-10-8-24-15(20(27)28)7-16(10)25-11(2)5-17(18(21)19(25)26)29-9-12-3-4-13(22)6-14(12)23/h3-8H,9H2,1-2H3,(H,27,28). The van der Waals surface area contributed by atoms with Gasteiger partial charge >= 0.3 is 5.97 Å². The van der Waals surface area contributed by atoms with Crippen LogP contribution in [0.2, 0.25) is 5.02 Å². The molecule has 0 aliphatic carbocycles. The molecule has 0 fully saturated rings. The number of aromatic carboxylic acids is 1. The first-order chi connectivity index (χ1) is 13.7. The van der Waals surface area contributed by atoms with E-state index in [1.54, 1.807) is 13.8 Å². The summed E-state index contributed by atoms with van der Waals surface area (Å²) in [6, 6.07) is 5.82. The summed E-state index contributed by atoms with van der Waals surface area (Å²) in [5.74, 6) is -2.69. The Balaban J connectivity index is 2.00. The lowest BCUT2D eigenvalue weighted by Crippen LogP contribution is -2.23. The van der Waals surface area contributed by atoms with Crippen LogP contribution in [0, 0.1) is 25.5 Å². The van der Waals surface area contributed by atoms with Gasteiger partial charge < -0.3 is 9.84 Å². The molecule has 1 aromatic carbocycles. The molecule has 3 rings (SSSR count). The van der Waals surface area contributed by atoms with Crippen LogP contribution < -0.4 is 10.3 Å². The highest BCUT2D eigenvalue weighted by Crippen LogP contribution is 2.26. The predicted octanol–water partition coefficient (Wildman–Crippen LogP) is 4.06. The van der Waals surface area contributed by atoms with Crippen molar-refractivity contribution in [3.05, 3.63) is 86.1 Å². The average molecular weight is 421 g/mol. The molecule has 0 aliphatic heterocycles. The van der Waals surface area contributed by atoms with Crippen molar-refractivity contribution >= 4 is 17.6 Å². The summed E-state index contributed by atoms with van der Waals surface area (Å²) in [6.45, 7) is 3.03. The summed E-state index contributed by atoms with van der Waals surface area (Å²) in [4.78, 5) is 27.8. The first kappa shape index (κ1) is 20.5. The number of carboxylic acids is 1. The van der Waals surface area contributed by atoms with Crippen molar-refractivity contribution in [2.24, 2.45) is 0 Å². The second kappa shape index (κ2) is 8.00. The summed E-state index contributed by atoms with van der Waals surface area (Å²) >= 11 is 6.16. The van der Waals surface area contributed by atoms with Crippen LogP contribution in [0.4, 0.5) is 8.78 Å². The molecule has 6 nitrogen and oxygen atoms in total. The van der Waals surface area contributed by atoms with Gasteiger partial charge in [-0.1, -0.05) is 11.6 Å². The molecule has 0 amide bonds. The number of aryl methyl sites for hydroxylation is 2. The number of hydrogen-bond donors (Lipinski definition) is 1. The fourth-order valence-electron chi connectivity index (χ4n) is 2.75. The zero-order valence-electron chi connectivity index (χ0n) is 15.4. The molecule has 0 aliphatic rings. The van der Waals surface area contributed by atoms with Crippen molar-refractivity contribution in [1.82, 2.24) is 9.55 Å². The van der Waals surface area contributed by atoms with E-state index >= 15 is 0 Å². The Hall–Kier alpha value is -3.26. The Morgan fingerprint density at radius 1 is 1.24 bits per heavy atom. The number of aromatic nitrogens is 2. The van der Waals surface area contributed by atoms with Gasteiger partial charge in [0.1, 0.15) is 34.7 Å². The van der Waals surface area contributed by atoms with E-state index in [9.17, 15) is 18.4 Å². The summed E-state index contributed by atoms with van der Waals surface area (Å²) in [5, 5.41) is 8.89. The Morgan fingerprint density at radius 2 is 1.97 bits per heavy atom. The summed E-state index contributed by atoms with van der Waals surface area (Å²) in [7, 11) is 0. The number of benzene rings is 1. The molecule has 2 aromatic heterocycles. The Bertz CT molecular complexity index is 1180. The SMILES string of the molecule is Cc1cnc(C(=O)O)cc1-n1c(C)cc(OCc2ccc(F)cc2F)c(Cl)c1=O. The van der Waals surface area contributed by atoms with Gasteiger partial charge in [-0.05, 0) is 37.6 Å². The third-order valence-electron chi connectivity index (χ3n) is 4.23. The zero-order valence-corrected chi connectivity index (χ0v) is 16.1. The number of hydrogen-bond acceptors (Lipinski definition) is 4. The number of nitrogens with zero attached hydrogens (tertiary/aromatic N) is 2. The first-order valence-electron chi connectivity index (χ1n) is 8.38. The highest BCUT2D eigenvalue weighted by Gasteiger charge is 2.17. The van der Waals surface area contributed by atoms with Gasteiger partial charge in [0, 0.05) is 29.6 Å². The second-order valence-corrected chi connectivity index (χ2v) is 6.67. The number of carbonyl (C=O) groups is 1. The van der Waals surface area contributed by atoms with Gasteiger partial charge in [-0.15, -0.1) is 0 Å². The van der Waals surface area contributed by atoms with Crippen molar-refractivity contribution in [3.8, 4) is 11.4 Å². The van der Waals surface area contributed by atoms with Gasteiger partial charge in [-0.2, -0.15) is 0 Å². The van der Waals surface area contributed by atoms with Gasteiger partial charge in [0.2, 0.25) is 0 Å². The van der Waals surface area contributed by atoms with E-state index in [2.05, 4.69) is 4.98 Å². The molecule has 9 heteroatoms. The number of halogens is 3. The smallest absolute Gasteiger partial charge is 0.354 e. The average Bonchev–Trinajstić information content (AvgIpc) is 2.66. The molecule has 0 saturated heterocycles. The van der Waals surface area contributed by atoms with Crippen LogP contribution in [0.15, 0.2) is 41.3 Å². The number of carboxylic acid groups (broad SMARTS) is 1. The van der Waals surface area contributed by atoms with E-state index in [0.717, 1.165) is 12.1 Å². The van der Waals surface area contributed by atoms with E-state index in [4.69, 9.17) is 21.4 Å². The van der Waals surface area contributed by atoms with Crippen molar-refractivity contribution < 1.29 is 23.4 Å². The van der Waals surface area contributed by atoms with E-state index in [1.165, 1.54) is 29.0 Å². The van der Waals surface area contributed by atoms with Crippen LogP contribution in [0.1, 0.15) is 27.3 Å². The molecule has 0 radical (unpaired) electrons. The number of ether oxygens (including phenoxy) is 1. The fraction of sp³-hybridized carbons (Fsp3) is 0.150. The topological polar surface area (TPSA) is 81.4 Å². The monoisotopic (exact) mass is 420 g/mol. The molecular weight excluding hydrogens is 406 g/mol. The maximum atomic E-state index is 13.8. The second-order valence-electron chi connectivity index (χ2n) is 6.29. The van der Waals surface area contributed by atoms with Gasteiger partial charge in [0.05, 0.1) is 5.69 Å². The summed E-state index contributed by atoms with van der Waals surface area (Å²) in [5.41, 5.74) is 0.545. The molecule has 29 heavy (non-hydrogen) atoms. The lowest BCUT2D eigenvalue weighted by atomic mass is 10.2. The lowest BCUT2D eigenvalue weighted by Gasteiger charge is -2.16. The van der Waals surface area contributed by atoms with Crippen LogP contribution in [-0.4, -0.2) is 20.6 Å². The van der Waals surface area contributed by atoms with Gasteiger partial charge in [0.25, 0.3) is 5.56 Å². The van der Waals surface area contributed by atoms with Crippen molar-refractivity contribution in [2.45, 2.75) is 20.5 Å². The normalized spacial score (nSPS) is 10.8. The van der Waals surface area contributed by atoms with Crippen LogP contribution in [-0.2, 0) is 6.61 Å². The van der Waals surface area contributed by atoms with Gasteiger partial charge in [0.15, 0.2) is 0 Å². The van der Waals surface area contributed by atoms with Gasteiger partial charge in [-0.3, -0.25) is 9.36 Å². The van der Waals surface area contributed by atoms with Crippen LogP contribution in [0.3, 0.4) is 0 Å². The number of pyridine rings is 2. The highest BCUT2D eigenvalue weighted by atomic mass is 35.5. The molecule has 0 bridgehead atoms. The molecule has 0 saturated carbocycles. The Kier molecular flexibility index (Phi) is 5.65. The molecule has 0 unspecified atom stereocenters. The quantitative estimate of drug-likeness (QED) is 0.673. The fourth-order valence-corrected chi connectivity index (χ4v) is 2.94. The first-order valence-corrected chi connectivity index (χ1v) is 8.76. The maximum absolute atomic E-state index is 13.8. The minimum Gasteiger partial charge on any atom is -0.487 e. The van der Waals surface area contributed by atoms with E-state index in [1.807, 2.05) is 0 Å². The van der Waals surface area contributed by atoms with Crippen LogP contribution >= 0.6 is 11.6 Å². The molecule has 150 valence electrons. The van der Waals surface area contributed by atoms with E-state index in [-0.39, 0.29) is 28.6 Å². The highest BCUT2D eigenvalue weighted by molar-refractivity contribution is 6.31. The van der Waals surface area contributed by atoms with E-state index in [0.29, 0.717) is 16.9 Å². The molecule has 2 heterocycles. The molecule has 0 spiro atoms. The zero-order chi connectivity index (χ0) is 21.3. The molecule has 3 aromatic rings. The minimum absolute atomic E-state index is 0.0271. The van der Waals surface area contributed by atoms with Crippen molar-refractivity contribution in [1.29, 1.82) is 0 Å². The molecule has 0 atom stereocenters. The van der Waals surface area contributed by atoms with E-state index < -0.39 is 23.2 Å². The Morgan fingerprint density at radius 3 is 2.62 bits per heavy atom. The Labute approximate surface area is 169 Å². The largest absolute Gasteiger partial charge is 0.487 e. The summed E-state index contributed by atoms with van der Waals surface area (Å²) < 4.78 is 33.5. The minimum atomic E-state index is -1.23. The van der Waals surface area contributed by atoms with Crippen LogP contribution in [0.5, 0.6) is 5.75 Å².